The second-order valence-electron chi connectivity index (χ2n) is 7.27. The fraction of sp³-hybridized carbons (Fsp3) is 0.286. The SMILES string of the molecule is Cc1cc(C)n(-c2ccc(C(=O)N3CCOC[C@H]3c3nc(-c4cccs4)no3)cn2)n1. The van der Waals surface area contributed by atoms with Crippen LogP contribution in [-0.4, -0.2) is 55.5 Å². The summed E-state index contributed by atoms with van der Waals surface area (Å²) >= 11 is 1.53. The van der Waals surface area contributed by atoms with E-state index in [0.29, 0.717) is 42.9 Å². The van der Waals surface area contributed by atoms with E-state index >= 15 is 0 Å². The Morgan fingerprint density at radius 2 is 2.16 bits per heavy atom. The van der Waals surface area contributed by atoms with Crippen molar-refractivity contribution in [1.82, 2.24) is 29.8 Å². The highest BCUT2D eigenvalue weighted by atomic mass is 32.1. The van der Waals surface area contributed by atoms with Crippen LogP contribution in [0.3, 0.4) is 0 Å². The van der Waals surface area contributed by atoms with E-state index in [0.717, 1.165) is 16.3 Å². The van der Waals surface area contributed by atoms with Gasteiger partial charge < -0.3 is 14.2 Å². The van der Waals surface area contributed by atoms with Crippen LogP contribution in [0.25, 0.3) is 16.5 Å². The molecule has 31 heavy (non-hydrogen) atoms. The molecular formula is C21H20N6O3S. The lowest BCUT2D eigenvalue weighted by Crippen LogP contribution is -2.43. The molecule has 4 aromatic rings. The fourth-order valence-corrected chi connectivity index (χ4v) is 4.24. The number of aryl methyl sites for hydroxylation is 2. The van der Waals surface area contributed by atoms with E-state index in [4.69, 9.17) is 9.26 Å². The number of thiophene rings is 1. The first-order chi connectivity index (χ1) is 15.1. The Morgan fingerprint density at radius 3 is 2.87 bits per heavy atom. The summed E-state index contributed by atoms with van der Waals surface area (Å²) < 4.78 is 12.8. The van der Waals surface area contributed by atoms with E-state index in [9.17, 15) is 4.79 Å². The maximum atomic E-state index is 13.3. The Balaban J connectivity index is 1.39. The monoisotopic (exact) mass is 436 g/mol. The van der Waals surface area contributed by atoms with Gasteiger partial charge in [0, 0.05) is 18.4 Å². The molecule has 1 aliphatic rings. The molecule has 0 aromatic carbocycles. The number of hydrogen-bond donors (Lipinski definition) is 0. The molecule has 9 nitrogen and oxygen atoms in total. The zero-order valence-corrected chi connectivity index (χ0v) is 17.9. The summed E-state index contributed by atoms with van der Waals surface area (Å²) in [7, 11) is 0. The minimum atomic E-state index is -0.446. The first kappa shape index (κ1) is 19.6. The summed E-state index contributed by atoms with van der Waals surface area (Å²) in [6, 6.07) is 8.95. The van der Waals surface area contributed by atoms with Gasteiger partial charge in [0.15, 0.2) is 5.82 Å². The van der Waals surface area contributed by atoms with Crippen molar-refractivity contribution in [3.63, 3.8) is 0 Å². The van der Waals surface area contributed by atoms with Crippen LogP contribution in [0.5, 0.6) is 0 Å². The predicted octanol–water partition coefficient (Wildman–Crippen LogP) is 3.21. The summed E-state index contributed by atoms with van der Waals surface area (Å²) in [5.74, 6) is 1.39. The molecule has 0 unspecified atom stereocenters. The Hall–Kier alpha value is -3.37. The number of pyridine rings is 1. The molecule has 5 heterocycles. The summed E-state index contributed by atoms with van der Waals surface area (Å²) in [6.45, 7) is 5.08. The molecule has 0 bridgehead atoms. The van der Waals surface area contributed by atoms with Gasteiger partial charge in [-0.25, -0.2) is 9.67 Å². The Bertz CT molecular complexity index is 1200. The molecule has 1 aliphatic heterocycles. The van der Waals surface area contributed by atoms with Gasteiger partial charge in [-0.05, 0) is 43.5 Å². The van der Waals surface area contributed by atoms with E-state index in [1.807, 2.05) is 37.4 Å². The zero-order valence-electron chi connectivity index (χ0n) is 17.1. The molecule has 0 aliphatic carbocycles. The van der Waals surface area contributed by atoms with Crippen molar-refractivity contribution in [2.75, 3.05) is 19.8 Å². The Kier molecular flexibility index (Phi) is 5.08. The third-order valence-electron chi connectivity index (χ3n) is 5.08. The number of nitrogens with zero attached hydrogens (tertiary/aromatic N) is 6. The van der Waals surface area contributed by atoms with Gasteiger partial charge in [0.2, 0.25) is 5.82 Å². The van der Waals surface area contributed by atoms with Crippen LogP contribution >= 0.6 is 11.3 Å². The number of carbonyl (C=O) groups is 1. The average Bonchev–Trinajstić information content (AvgIpc) is 3.54. The Morgan fingerprint density at radius 1 is 1.26 bits per heavy atom. The molecule has 10 heteroatoms. The molecule has 0 N–H and O–H groups in total. The van der Waals surface area contributed by atoms with Gasteiger partial charge in [0.25, 0.3) is 11.8 Å². The normalized spacial score (nSPS) is 16.6. The van der Waals surface area contributed by atoms with Crippen LogP contribution in [0.4, 0.5) is 0 Å². The Labute approximate surface area is 182 Å². The van der Waals surface area contributed by atoms with Crippen molar-refractivity contribution >= 4 is 17.2 Å². The van der Waals surface area contributed by atoms with E-state index in [-0.39, 0.29) is 5.91 Å². The van der Waals surface area contributed by atoms with Gasteiger partial charge >= 0.3 is 0 Å². The van der Waals surface area contributed by atoms with Crippen molar-refractivity contribution in [3.05, 3.63) is 64.8 Å². The topological polar surface area (TPSA) is 99.2 Å². The highest BCUT2D eigenvalue weighted by Gasteiger charge is 2.33. The number of morpholine rings is 1. The number of ether oxygens (including phenoxy) is 1. The van der Waals surface area contributed by atoms with Gasteiger partial charge in [-0.15, -0.1) is 11.3 Å². The lowest BCUT2D eigenvalue weighted by Gasteiger charge is -2.33. The summed E-state index contributed by atoms with van der Waals surface area (Å²) in [5, 5.41) is 10.5. The van der Waals surface area contributed by atoms with Crippen molar-refractivity contribution in [3.8, 4) is 16.5 Å². The maximum absolute atomic E-state index is 13.3. The second-order valence-corrected chi connectivity index (χ2v) is 8.21. The maximum Gasteiger partial charge on any atom is 0.256 e. The molecule has 5 rings (SSSR count). The van der Waals surface area contributed by atoms with Crippen LogP contribution < -0.4 is 0 Å². The van der Waals surface area contributed by atoms with E-state index in [1.54, 1.807) is 27.9 Å². The number of aromatic nitrogens is 5. The third kappa shape index (κ3) is 3.75. The van der Waals surface area contributed by atoms with Crippen molar-refractivity contribution in [2.45, 2.75) is 19.9 Å². The van der Waals surface area contributed by atoms with Gasteiger partial charge in [0.1, 0.15) is 6.04 Å². The predicted molar refractivity (Wildman–Crippen MR) is 113 cm³/mol. The van der Waals surface area contributed by atoms with Gasteiger partial charge in [-0.2, -0.15) is 10.1 Å². The quantitative estimate of drug-likeness (QED) is 0.484. The van der Waals surface area contributed by atoms with E-state index < -0.39 is 6.04 Å². The van der Waals surface area contributed by atoms with Gasteiger partial charge in [-0.3, -0.25) is 4.79 Å². The summed E-state index contributed by atoms with van der Waals surface area (Å²) in [4.78, 5) is 24.8. The van der Waals surface area contributed by atoms with E-state index in [2.05, 4.69) is 20.2 Å². The molecule has 0 spiro atoms. The number of rotatable bonds is 4. The number of carbonyl (C=O) groups excluding carboxylic acids is 1. The number of amides is 1. The molecule has 0 saturated carbocycles. The van der Waals surface area contributed by atoms with Gasteiger partial charge in [-0.1, -0.05) is 11.2 Å². The number of hydrogen-bond acceptors (Lipinski definition) is 8. The van der Waals surface area contributed by atoms with Crippen molar-refractivity contribution < 1.29 is 14.1 Å². The molecular weight excluding hydrogens is 416 g/mol. The molecule has 1 amide bonds. The lowest BCUT2D eigenvalue weighted by atomic mass is 10.1. The lowest BCUT2D eigenvalue weighted by molar-refractivity contribution is -0.0119. The van der Waals surface area contributed by atoms with Gasteiger partial charge in [0.05, 0.1) is 29.3 Å². The van der Waals surface area contributed by atoms with E-state index in [1.165, 1.54) is 11.3 Å². The summed E-state index contributed by atoms with van der Waals surface area (Å²) in [5.41, 5.74) is 2.38. The van der Waals surface area contributed by atoms with Crippen LogP contribution in [-0.2, 0) is 4.74 Å². The zero-order chi connectivity index (χ0) is 21.4. The van der Waals surface area contributed by atoms with Crippen molar-refractivity contribution in [1.29, 1.82) is 0 Å². The molecule has 0 radical (unpaired) electrons. The fourth-order valence-electron chi connectivity index (χ4n) is 3.59. The molecule has 1 fully saturated rings. The van der Waals surface area contributed by atoms with Crippen molar-refractivity contribution in [2.24, 2.45) is 0 Å². The molecule has 1 atom stereocenters. The standard InChI is InChI=1S/C21H20N6O3S/c1-13-10-14(2)27(24-13)18-6-5-15(11-22-18)21(28)26-7-8-29-12-16(26)20-23-19(25-30-20)17-4-3-9-31-17/h3-6,9-11,16H,7-8,12H2,1-2H3/t16-/m0/s1. The third-order valence-corrected chi connectivity index (χ3v) is 5.94. The van der Waals surface area contributed by atoms with Crippen LogP contribution in [0.2, 0.25) is 0 Å². The first-order valence-corrected chi connectivity index (χ1v) is 10.7. The molecule has 1 saturated heterocycles. The summed E-state index contributed by atoms with van der Waals surface area (Å²) in [6.07, 6.45) is 1.57. The first-order valence-electron chi connectivity index (χ1n) is 9.86. The average molecular weight is 436 g/mol. The highest BCUT2D eigenvalue weighted by molar-refractivity contribution is 7.13. The largest absolute Gasteiger partial charge is 0.377 e. The minimum absolute atomic E-state index is 0.156. The van der Waals surface area contributed by atoms with Crippen LogP contribution in [0.1, 0.15) is 33.7 Å². The minimum Gasteiger partial charge on any atom is -0.377 e. The smallest absolute Gasteiger partial charge is 0.256 e. The molecule has 158 valence electrons. The second kappa shape index (κ2) is 8.05. The highest BCUT2D eigenvalue weighted by Crippen LogP contribution is 2.28. The molecule has 4 aromatic heterocycles. The van der Waals surface area contributed by atoms with Crippen LogP contribution in [0, 0.1) is 13.8 Å². The van der Waals surface area contributed by atoms with Crippen LogP contribution in [0.15, 0.2) is 46.4 Å².